The molecule has 0 aliphatic heterocycles. The summed E-state index contributed by atoms with van der Waals surface area (Å²) in [6, 6.07) is 0. The van der Waals surface area contributed by atoms with E-state index in [0.717, 1.165) is 19.3 Å². The molecule has 4 rings (SSSR count). The molecular formula is C14H16F3NO3. The Morgan fingerprint density at radius 2 is 1.90 bits per heavy atom. The van der Waals surface area contributed by atoms with E-state index in [-0.39, 0.29) is 42.4 Å². The second-order valence-electron chi connectivity index (χ2n) is 6.37. The third kappa shape index (κ3) is 2.87. The molecule has 4 fully saturated rings. The number of hydrogen-bond donors (Lipinski definition) is 1. The van der Waals surface area contributed by atoms with Gasteiger partial charge in [0.1, 0.15) is 6.61 Å². The molecule has 0 aromatic heterocycles. The molecule has 21 heavy (non-hydrogen) atoms. The lowest BCUT2D eigenvalue weighted by atomic mass is 9.40. The number of halogens is 3. The number of ether oxygens (including phenoxy) is 2. The number of carbonyl (C=O) groups excluding carboxylic acids is 1. The lowest BCUT2D eigenvalue weighted by Crippen LogP contribution is -2.74. The van der Waals surface area contributed by atoms with Crippen molar-refractivity contribution >= 4 is 5.91 Å². The van der Waals surface area contributed by atoms with Gasteiger partial charge in [-0.05, 0) is 19.3 Å². The average molecular weight is 303 g/mol. The fraction of sp³-hybridized carbons (Fsp3) is 0.786. The number of rotatable bonds is 5. The van der Waals surface area contributed by atoms with Crippen LogP contribution in [0.2, 0.25) is 0 Å². The highest BCUT2D eigenvalue weighted by Gasteiger charge is 2.67. The third-order valence-corrected chi connectivity index (χ3v) is 4.54. The van der Waals surface area contributed by atoms with Crippen molar-refractivity contribution in [2.24, 2.45) is 5.41 Å². The standard InChI is InChI=1S/C14H16F3NO3/c1-2-12-6-13(7-12,8-12)18-11(19)5-20-9-3-10(4-9)21-14(15,16)17/h1,9-10H,3-8H2,(H,18,19). The molecule has 1 N–H and O–H groups in total. The van der Waals surface area contributed by atoms with Gasteiger partial charge in [-0.15, -0.1) is 19.6 Å². The van der Waals surface area contributed by atoms with Crippen molar-refractivity contribution in [2.75, 3.05) is 6.61 Å². The van der Waals surface area contributed by atoms with Crippen molar-refractivity contribution in [1.82, 2.24) is 5.32 Å². The van der Waals surface area contributed by atoms with Crippen LogP contribution in [-0.2, 0) is 14.3 Å². The van der Waals surface area contributed by atoms with Crippen LogP contribution < -0.4 is 5.32 Å². The van der Waals surface area contributed by atoms with Crippen LogP contribution in [0.3, 0.4) is 0 Å². The summed E-state index contributed by atoms with van der Waals surface area (Å²) in [6.07, 6.45) is 2.36. The van der Waals surface area contributed by atoms with Gasteiger partial charge < -0.3 is 10.1 Å². The summed E-state index contributed by atoms with van der Waals surface area (Å²) in [7, 11) is 0. The fourth-order valence-electron chi connectivity index (χ4n) is 3.54. The molecule has 0 heterocycles. The Morgan fingerprint density at radius 1 is 1.29 bits per heavy atom. The zero-order valence-corrected chi connectivity index (χ0v) is 11.3. The zero-order chi connectivity index (χ0) is 15.3. The van der Waals surface area contributed by atoms with E-state index < -0.39 is 12.5 Å². The van der Waals surface area contributed by atoms with Crippen LogP contribution in [0.15, 0.2) is 0 Å². The van der Waals surface area contributed by atoms with Crippen LogP contribution in [-0.4, -0.2) is 36.6 Å². The summed E-state index contributed by atoms with van der Waals surface area (Å²) < 4.78 is 44.9. The number of nitrogens with one attached hydrogen (secondary N) is 1. The maximum atomic E-state index is 11.9. The number of hydrogen-bond acceptors (Lipinski definition) is 3. The van der Waals surface area contributed by atoms with E-state index in [0.29, 0.717) is 0 Å². The molecule has 0 atom stereocenters. The Kier molecular flexibility index (Phi) is 3.22. The Labute approximate surface area is 120 Å². The van der Waals surface area contributed by atoms with Crippen molar-refractivity contribution in [3.05, 3.63) is 0 Å². The first kappa shape index (κ1) is 14.7. The van der Waals surface area contributed by atoms with E-state index in [4.69, 9.17) is 11.2 Å². The number of terminal acetylenes is 1. The van der Waals surface area contributed by atoms with Crippen molar-refractivity contribution in [3.63, 3.8) is 0 Å². The average Bonchev–Trinajstić information content (AvgIpc) is 2.22. The van der Waals surface area contributed by atoms with Crippen molar-refractivity contribution in [3.8, 4) is 12.3 Å². The lowest BCUT2D eigenvalue weighted by Gasteiger charge is -2.68. The molecular weight excluding hydrogens is 287 g/mol. The molecule has 0 aromatic rings. The molecule has 0 unspecified atom stereocenters. The maximum Gasteiger partial charge on any atom is 0.522 e. The first-order valence-corrected chi connectivity index (χ1v) is 6.88. The molecule has 0 spiro atoms. The molecule has 4 aliphatic rings. The van der Waals surface area contributed by atoms with Gasteiger partial charge in [0.15, 0.2) is 0 Å². The van der Waals surface area contributed by atoms with E-state index in [9.17, 15) is 18.0 Å². The third-order valence-electron chi connectivity index (χ3n) is 4.54. The van der Waals surface area contributed by atoms with Gasteiger partial charge in [-0.2, -0.15) is 0 Å². The second-order valence-corrected chi connectivity index (χ2v) is 6.37. The highest BCUT2D eigenvalue weighted by molar-refractivity contribution is 5.79. The Balaban J connectivity index is 1.30. The minimum Gasteiger partial charge on any atom is -0.368 e. The van der Waals surface area contributed by atoms with Crippen LogP contribution >= 0.6 is 0 Å². The number of carbonyl (C=O) groups is 1. The summed E-state index contributed by atoms with van der Waals surface area (Å²) in [5.41, 5.74) is -0.168. The minimum absolute atomic E-state index is 0.00966. The first-order chi connectivity index (χ1) is 9.73. The van der Waals surface area contributed by atoms with Crippen LogP contribution in [0, 0.1) is 17.8 Å². The minimum atomic E-state index is -4.61. The predicted octanol–water partition coefficient (Wildman–Crippen LogP) is 1.74. The SMILES string of the molecule is C#CC12CC(NC(=O)COC3CC(OC(F)(F)F)C3)(C1)C2. The van der Waals surface area contributed by atoms with E-state index in [1.807, 2.05) is 0 Å². The van der Waals surface area contributed by atoms with Gasteiger partial charge in [-0.25, -0.2) is 0 Å². The molecule has 4 saturated carbocycles. The summed E-state index contributed by atoms with van der Waals surface area (Å²) in [6.45, 7) is -0.131. The molecule has 4 nitrogen and oxygen atoms in total. The van der Waals surface area contributed by atoms with Crippen LogP contribution in [0.1, 0.15) is 32.1 Å². The van der Waals surface area contributed by atoms with Crippen LogP contribution in [0.4, 0.5) is 13.2 Å². The molecule has 4 aliphatic carbocycles. The molecule has 0 radical (unpaired) electrons. The number of amides is 1. The molecule has 0 aromatic carbocycles. The smallest absolute Gasteiger partial charge is 0.368 e. The number of alkyl halides is 3. The van der Waals surface area contributed by atoms with Crippen LogP contribution in [0.25, 0.3) is 0 Å². The Morgan fingerprint density at radius 3 is 2.43 bits per heavy atom. The van der Waals surface area contributed by atoms with Crippen molar-refractivity contribution < 1.29 is 27.4 Å². The molecule has 0 saturated heterocycles. The summed E-state index contributed by atoms with van der Waals surface area (Å²) >= 11 is 0. The Hall–Kier alpha value is -1.26. The monoisotopic (exact) mass is 303 g/mol. The normalized spacial score (nSPS) is 40.3. The topological polar surface area (TPSA) is 47.6 Å². The van der Waals surface area contributed by atoms with Gasteiger partial charge in [0.25, 0.3) is 0 Å². The lowest BCUT2D eigenvalue weighted by molar-refractivity contribution is -0.357. The zero-order valence-electron chi connectivity index (χ0n) is 11.3. The summed E-state index contributed by atoms with van der Waals surface area (Å²) in [4.78, 5) is 11.7. The van der Waals surface area contributed by atoms with E-state index >= 15 is 0 Å². The highest BCUT2D eigenvalue weighted by atomic mass is 19.4. The largest absolute Gasteiger partial charge is 0.522 e. The Bertz CT molecular complexity index is 471. The van der Waals surface area contributed by atoms with Gasteiger partial charge in [0.2, 0.25) is 5.91 Å². The van der Waals surface area contributed by atoms with E-state index in [2.05, 4.69) is 16.0 Å². The maximum absolute atomic E-state index is 11.9. The van der Waals surface area contributed by atoms with Gasteiger partial charge in [-0.1, -0.05) is 5.92 Å². The van der Waals surface area contributed by atoms with Gasteiger partial charge in [0.05, 0.1) is 12.2 Å². The first-order valence-electron chi connectivity index (χ1n) is 6.88. The van der Waals surface area contributed by atoms with Gasteiger partial charge in [-0.3, -0.25) is 9.53 Å². The van der Waals surface area contributed by atoms with Crippen molar-refractivity contribution in [2.45, 2.75) is 56.2 Å². The van der Waals surface area contributed by atoms with E-state index in [1.54, 1.807) is 0 Å². The molecule has 116 valence electrons. The molecule has 7 heteroatoms. The second kappa shape index (κ2) is 4.62. The summed E-state index contributed by atoms with van der Waals surface area (Å²) in [5, 5.41) is 2.90. The van der Waals surface area contributed by atoms with Gasteiger partial charge in [0, 0.05) is 23.8 Å². The quantitative estimate of drug-likeness (QED) is 0.787. The molecule has 1 amide bonds. The van der Waals surface area contributed by atoms with Crippen LogP contribution in [0.5, 0.6) is 0 Å². The fourth-order valence-corrected chi connectivity index (χ4v) is 3.54. The highest BCUT2D eigenvalue weighted by Crippen LogP contribution is 2.66. The van der Waals surface area contributed by atoms with Crippen molar-refractivity contribution in [1.29, 1.82) is 0 Å². The summed E-state index contributed by atoms with van der Waals surface area (Å²) in [5.74, 6) is 2.51. The predicted molar refractivity (Wildman–Crippen MR) is 65.9 cm³/mol. The molecule has 2 bridgehead atoms. The van der Waals surface area contributed by atoms with Gasteiger partial charge >= 0.3 is 6.36 Å². The van der Waals surface area contributed by atoms with E-state index in [1.165, 1.54) is 0 Å².